The summed E-state index contributed by atoms with van der Waals surface area (Å²) in [6.45, 7) is 3.45. The van der Waals surface area contributed by atoms with Gasteiger partial charge < -0.3 is 10.2 Å². The van der Waals surface area contributed by atoms with E-state index in [1.54, 1.807) is 0 Å². The highest BCUT2D eigenvalue weighted by Crippen LogP contribution is 2.30. The van der Waals surface area contributed by atoms with Crippen LogP contribution in [0.15, 0.2) is 24.3 Å². The highest BCUT2D eigenvalue weighted by atomic mass is 35.5. The van der Waals surface area contributed by atoms with Crippen LogP contribution in [0, 0.1) is 5.92 Å². The first-order chi connectivity index (χ1) is 8.33. The highest BCUT2D eigenvalue weighted by molar-refractivity contribution is 6.33. The van der Waals surface area contributed by atoms with Gasteiger partial charge in [0.25, 0.3) is 0 Å². The van der Waals surface area contributed by atoms with Crippen LogP contribution in [-0.4, -0.2) is 25.7 Å². The van der Waals surface area contributed by atoms with Gasteiger partial charge in [-0.05, 0) is 43.9 Å². The van der Waals surface area contributed by atoms with E-state index in [4.69, 9.17) is 11.6 Å². The molecule has 0 bridgehead atoms. The van der Waals surface area contributed by atoms with Crippen LogP contribution in [0.1, 0.15) is 19.3 Å². The van der Waals surface area contributed by atoms with E-state index in [0.717, 1.165) is 30.1 Å². The summed E-state index contributed by atoms with van der Waals surface area (Å²) >= 11 is 6.23. The molecule has 0 amide bonds. The minimum Gasteiger partial charge on any atom is -0.370 e. The van der Waals surface area contributed by atoms with E-state index in [0.29, 0.717) is 0 Å². The predicted molar refractivity (Wildman–Crippen MR) is 72.8 cm³/mol. The summed E-state index contributed by atoms with van der Waals surface area (Å²) in [5.74, 6) is 0.784. The van der Waals surface area contributed by atoms with Crippen molar-refractivity contribution in [3.05, 3.63) is 29.3 Å². The maximum Gasteiger partial charge on any atom is 0.0639 e. The van der Waals surface area contributed by atoms with Gasteiger partial charge in [0.2, 0.25) is 0 Å². The van der Waals surface area contributed by atoms with Gasteiger partial charge in [-0.1, -0.05) is 23.7 Å². The Hall–Kier alpha value is -0.730. The van der Waals surface area contributed by atoms with Crippen molar-refractivity contribution in [1.29, 1.82) is 0 Å². The van der Waals surface area contributed by atoms with Gasteiger partial charge in [-0.25, -0.2) is 0 Å². The van der Waals surface area contributed by atoms with Crippen LogP contribution in [0.3, 0.4) is 0 Å². The molecule has 1 aliphatic heterocycles. The van der Waals surface area contributed by atoms with E-state index in [9.17, 15) is 0 Å². The van der Waals surface area contributed by atoms with Crippen molar-refractivity contribution in [2.75, 3.05) is 24.5 Å². The van der Waals surface area contributed by atoms with Crippen LogP contribution >= 0.6 is 11.6 Å². The van der Waals surface area contributed by atoms with Gasteiger partial charge in [0.1, 0.15) is 0 Å². The van der Waals surface area contributed by atoms with Gasteiger partial charge in [-0.2, -0.15) is 0 Å². The number of hydrogen-bond donors (Lipinski definition) is 1. The second-order valence-electron chi connectivity index (χ2n) is 5.23. The van der Waals surface area contributed by atoms with Crippen LogP contribution in [-0.2, 0) is 0 Å². The second-order valence-corrected chi connectivity index (χ2v) is 5.64. The zero-order chi connectivity index (χ0) is 11.7. The highest BCUT2D eigenvalue weighted by Gasteiger charge is 2.26. The zero-order valence-electron chi connectivity index (χ0n) is 10.0. The number of nitrogens with one attached hydrogen (secondary N) is 1. The number of anilines is 1. The average Bonchev–Trinajstić information content (AvgIpc) is 3.06. The summed E-state index contributed by atoms with van der Waals surface area (Å²) in [6.07, 6.45) is 4.03. The number of para-hydroxylation sites is 1. The van der Waals surface area contributed by atoms with E-state index < -0.39 is 0 Å². The Morgan fingerprint density at radius 2 is 2.06 bits per heavy atom. The Labute approximate surface area is 108 Å². The summed E-state index contributed by atoms with van der Waals surface area (Å²) in [4.78, 5) is 2.42. The molecule has 1 N–H and O–H groups in total. The summed E-state index contributed by atoms with van der Waals surface area (Å²) in [5, 5.41) is 4.50. The van der Waals surface area contributed by atoms with Gasteiger partial charge >= 0.3 is 0 Å². The minimum absolute atomic E-state index is 0.784. The van der Waals surface area contributed by atoms with Gasteiger partial charge in [0.15, 0.2) is 0 Å². The van der Waals surface area contributed by atoms with E-state index >= 15 is 0 Å². The molecule has 92 valence electrons. The molecule has 1 heterocycles. The molecule has 2 nitrogen and oxygen atoms in total. The lowest BCUT2D eigenvalue weighted by molar-refractivity contribution is 0.515. The van der Waals surface area contributed by atoms with Gasteiger partial charge in [0.05, 0.1) is 10.7 Å². The van der Waals surface area contributed by atoms with Crippen molar-refractivity contribution in [3.8, 4) is 0 Å². The topological polar surface area (TPSA) is 15.3 Å². The van der Waals surface area contributed by atoms with Crippen LogP contribution in [0.25, 0.3) is 0 Å². The third-order valence-corrected chi connectivity index (χ3v) is 4.07. The quantitative estimate of drug-likeness (QED) is 0.884. The maximum absolute atomic E-state index is 6.23. The number of benzene rings is 1. The molecular formula is C14H19ClN2. The Kier molecular flexibility index (Phi) is 3.26. The van der Waals surface area contributed by atoms with Crippen molar-refractivity contribution in [1.82, 2.24) is 5.32 Å². The molecule has 1 saturated heterocycles. The Balaban J connectivity index is 1.57. The van der Waals surface area contributed by atoms with E-state index in [1.807, 2.05) is 12.1 Å². The first-order valence-corrected chi connectivity index (χ1v) is 6.93. The number of halogens is 1. The monoisotopic (exact) mass is 250 g/mol. The molecular weight excluding hydrogens is 232 g/mol. The van der Waals surface area contributed by atoms with Gasteiger partial charge in [0, 0.05) is 19.1 Å². The fourth-order valence-electron chi connectivity index (χ4n) is 2.55. The van der Waals surface area contributed by atoms with Crippen molar-refractivity contribution < 1.29 is 0 Å². The number of rotatable bonds is 4. The fourth-order valence-corrected chi connectivity index (χ4v) is 2.80. The molecule has 1 atom stereocenters. The minimum atomic E-state index is 0.784. The molecule has 1 aliphatic carbocycles. The number of nitrogens with zero attached hydrogens (tertiary/aromatic N) is 1. The normalized spacial score (nSPS) is 24.3. The lowest BCUT2D eigenvalue weighted by Gasteiger charge is -2.20. The van der Waals surface area contributed by atoms with Crippen LogP contribution in [0.2, 0.25) is 5.02 Å². The molecule has 17 heavy (non-hydrogen) atoms. The summed E-state index contributed by atoms with van der Waals surface area (Å²) in [7, 11) is 0. The van der Waals surface area contributed by atoms with Crippen molar-refractivity contribution in [2.24, 2.45) is 5.92 Å². The van der Waals surface area contributed by atoms with Crippen LogP contribution in [0.4, 0.5) is 5.69 Å². The molecule has 0 aromatic heterocycles. The molecule has 2 fully saturated rings. The zero-order valence-corrected chi connectivity index (χ0v) is 10.8. The summed E-state index contributed by atoms with van der Waals surface area (Å²) in [5.41, 5.74) is 1.20. The lowest BCUT2D eigenvalue weighted by Crippen LogP contribution is -2.27. The first kappa shape index (κ1) is 11.4. The molecule has 1 saturated carbocycles. The van der Waals surface area contributed by atoms with Crippen LogP contribution in [0.5, 0.6) is 0 Å². The number of hydrogen-bond acceptors (Lipinski definition) is 2. The fraction of sp³-hybridized carbons (Fsp3) is 0.571. The third kappa shape index (κ3) is 2.75. The molecule has 1 unspecified atom stereocenters. The van der Waals surface area contributed by atoms with Gasteiger partial charge in [-0.3, -0.25) is 0 Å². The molecule has 2 aliphatic rings. The average molecular weight is 251 g/mol. The second kappa shape index (κ2) is 4.87. The van der Waals surface area contributed by atoms with Crippen molar-refractivity contribution >= 4 is 17.3 Å². The standard InChI is InChI=1S/C14H19ClN2/c15-13-3-1-2-4-14(13)17-8-7-11(10-17)9-16-12-5-6-12/h1-4,11-12,16H,5-10H2. The van der Waals surface area contributed by atoms with Crippen LogP contribution < -0.4 is 10.2 Å². The third-order valence-electron chi connectivity index (χ3n) is 3.75. The molecule has 0 spiro atoms. The molecule has 1 aromatic carbocycles. The Morgan fingerprint density at radius 1 is 1.24 bits per heavy atom. The lowest BCUT2D eigenvalue weighted by atomic mass is 10.1. The largest absolute Gasteiger partial charge is 0.370 e. The Morgan fingerprint density at radius 3 is 2.82 bits per heavy atom. The van der Waals surface area contributed by atoms with E-state index in [1.165, 1.54) is 31.5 Å². The predicted octanol–water partition coefficient (Wildman–Crippen LogP) is 2.92. The molecule has 1 aromatic rings. The summed E-state index contributed by atoms with van der Waals surface area (Å²) < 4.78 is 0. The maximum atomic E-state index is 6.23. The molecule has 3 heteroatoms. The molecule has 0 radical (unpaired) electrons. The van der Waals surface area contributed by atoms with E-state index in [-0.39, 0.29) is 0 Å². The first-order valence-electron chi connectivity index (χ1n) is 6.56. The van der Waals surface area contributed by atoms with E-state index in [2.05, 4.69) is 22.3 Å². The Bertz CT molecular complexity index is 390. The summed E-state index contributed by atoms with van der Waals surface area (Å²) in [6, 6.07) is 8.99. The van der Waals surface area contributed by atoms with Gasteiger partial charge in [-0.15, -0.1) is 0 Å². The van der Waals surface area contributed by atoms with Crippen molar-refractivity contribution in [2.45, 2.75) is 25.3 Å². The molecule has 3 rings (SSSR count). The van der Waals surface area contributed by atoms with Crippen molar-refractivity contribution in [3.63, 3.8) is 0 Å². The smallest absolute Gasteiger partial charge is 0.0639 e. The SMILES string of the molecule is Clc1ccccc1N1CCC(CNC2CC2)C1.